The van der Waals surface area contributed by atoms with Crippen molar-refractivity contribution in [1.29, 1.82) is 0 Å². The summed E-state index contributed by atoms with van der Waals surface area (Å²) in [6, 6.07) is 2.07. The fourth-order valence-electron chi connectivity index (χ4n) is 1.84. The van der Waals surface area contributed by atoms with Crippen molar-refractivity contribution in [3.8, 4) is 0 Å². The van der Waals surface area contributed by atoms with Crippen molar-refractivity contribution in [2.45, 2.75) is 33.2 Å². The zero-order valence-electron chi connectivity index (χ0n) is 11.4. The summed E-state index contributed by atoms with van der Waals surface area (Å²) < 4.78 is 23.8. The van der Waals surface area contributed by atoms with E-state index in [1.54, 1.807) is 0 Å². The maximum absolute atomic E-state index is 10.9. The largest absolute Gasteiger partial charge is 0.317 e. The Labute approximate surface area is 109 Å². The van der Waals surface area contributed by atoms with Gasteiger partial charge < -0.3 is 5.32 Å². The molecule has 6 heteroatoms. The van der Waals surface area contributed by atoms with Crippen LogP contribution >= 0.6 is 0 Å². The molecule has 0 aliphatic heterocycles. The van der Waals surface area contributed by atoms with Gasteiger partial charge in [-0.1, -0.05) is 0 Å². The molecule has 1 heterocycles. The molecule has 104 valence electrons. The van der Waals surface area contributed by atoms with Gasteiger partial charge in [-0.2, -0.15) is 5.10 Å². The molecule has 0 aliphatic carbocycles. The van der Waals surface area contributed by atoms with Gasteiger partial charge in [0.1, 0.15) is 9.84 Å². The Morgan fingerprint density at radius 2 is 1.94 bits per heavy atom. The maximum atomic E-state index is 10.9. The fourth-order valence-corrected chi connectivity index (χ4v) is 2.51. The standard InChI is InChI=1S/C12H23N3O2S/c1-11-10-12(2)15(14-11)8-4-6-13-7-5-9-18(3,16)17/h10,13H,4-9H2,1-3H3. The topological polar surface area (TPSA) is 64.0 Å². The maximum Gasteiger partial charge on any atom is 0.147 e. The second kappa shape index (κ2) is 6.89. The molecule has 0 fully saturated rings. The second-order valence-electron chi connectivity index (χ2n) is 4.74. The first-order valence-corrected chi connectivity index (χ1v) is 8.34. The van der Waals surface area contributed by atoms with E-state index in [0.717, 1.165) is 31.7 Å². The van der Waals surface area contributed by atoms with E-state index < -0.39 is 9.84 Å². The Morgan fingerprint density at radius 3 is 2.50 bits per heavy atom. The van der Waals surface area contributed by atoms with Crippen molar-refractivity contribution in [2.75, 3.05) is 25.1 Å². The molecule has 0 spiro atoms. The zero-order chi connectivity index (χ0) is 13.6. The van der Waals surface area contributed by atoms with Crippen molar-refractivity contribution in [3.63, 3.8) is 0 Å². The molecule has 0 saturated heterocycles. The van der Waals surface area contributed by atoms with Crippen molar-refractivity contribution < 1.29 is 8.42 Å². The Morgan fingerprint density at radius 1 is 1.28 bits per heavy atom. The molecule has 1 rings (SSSR count). The van der Waals surface area contributed by atoms with Crippen molar-refractivity contribution in [3.05, 3.63) is 17.5 Å². The van der Waals surface area contributed by atoms with Gasteiger partial charge in [0.05, 0.1) is 11.4 Å². The van der Waals surface area contributed by atoms with Crippen LogP contribution in [0.25, 0.3) is 0 Å². The minimum absolute atomic E-state index is 0.261. The summed E-state index contributed by atoms with van der Waals surface area (Å²) in [5.74, 6) is 0.261. The summed E-state index contributed by atoms with van der Waals surface area (Å²) in [7, 11) is -2.82. The molecule has 1 aromatic heterocycles. The van der Waals surface area contributed by atoms with E-state index in [2.05, 4.69) is 23.4 Å². The lowest BCUT2D eigenvalue weighted by Gasteiger charge is -2.06. The van der Waals surface area contributed by atoms with E-state index in [4.69, 9.17) is 0 Å². The molecule has 0 amide bonds. The van der Waals surface area contributed by atoms with Gasteiger partial charge >= 0.3 is 0 Å². The molecule has 1 aromatic rings. The number of sulfone groups is 1. The SMILES string of the molecule is Cc1cc(C)n(CCCNCCCS(C)(=O)=O)n1. The quantitative estimate of drug-likeness (QED) is 0.715. The first-order chi connectivity index (χ1) is 8.38. The average molecular weight is 273 g/mol. The Kier molecular flexibility index (Phi) is 5.81. The van der Waals surface area contributed by atoms with Crippen molar-refractivity contribution >= 4 is 9.84 Å². The molecule has 0 saturated carbocycles. The highest BCUT2D eigenvalue weighted by molar-refractivity contribution is 7.90. The van der Waals surface area contributed by atoms with Crippen LogP contribution in [0, 0.1) is 13.8 Å². The number of aryl methyl sites for hydroxylation is 3. The lowest BCUT2D eigenvalue weighted by Crippen LogP contribution is -2.20. The highest BCUT2D eigenvalue weighted by Gasteiger charge is 2.01. The number of hydrogen-bond donors (Lipinski definition) is 1. The highest BCUT2D eigenvalue weighted by Crippen LogP contribution is 2.02. The summed E-state index contributed by atoms with van der Waals surface area (Å²) in [4.78, 5) is 0. The van der Waals surface area contributed by atoms with Gasteiger partial charge in [0.15, 0.2) is 0 Å². The van der Waals surface area contributed by atoms with E-state index in [1.807, 2.05) is 11.6 Å². The first kappa shape index (κ1) is 15.2. The van der Waals surface area contributed by atoms with E-state index >= 15 is 0 Å². The van der Waals surface area contributed by atoms with E-state index in [1.165, 1.54) is 11.9 Å². The van der Waals surface area contributed by atoms with Gasteiger partial charge in [0.25, 0.3) is 0 Å². The van der Waals surface area contributed by atoms with Crippen LogP contribution in [0.15, 0.2) is 6.07 Å². The Bertz CT molecular complexity index is 466. The normalized spacial score (nSPS) is 11.9. The van der Waals surface area contributed by atoms with Gasteiger partial charge in [0, 0.05) is 18.5 Å². The van der Waals surface area contributed by atoms with Crippen molar-refractivity contribution in [1.82, 2.24) is 15.1 Å². The third-order valence-electron chi connectivity index (χ3n) is 2.70. The van der Waals surface area contributed by atoms with Crippen LogP contribution < -0.4 is 5.32 Å². The van der Waals surface area contributed by atoms with Crippen LogP contribution in [0.4, 0.5) is 0 Å². The number of rotatable bonds is 8. The predicted octanol–water partition coefficient (Wildman–Crippen LogP) is 0.914. The number of nitrogens with zero attached hydrogens (tertiary/aromatic N) is 2. The lowest BCUT2D eigenvalue weighted by atomic mass is 10.3. The fraction of sp³-hybridized carbons (Fsp3) is 0.750. The molecule has 0 unspecified atom stereocenters. The van der Waals surface area contributed by atoms with Gasteiger partial charge in [-0.25, -0.2) is 8.42 Å². The van der Waals surface area contributed by atoms with Crippen LogP contribution in [0.5, 0.6) is 0 Å². The third kappa shape index (κ3) is 6.16. The molecule has 18 heavy (non-hydrogen) atoms. The van der Waals surface area contributed by atoms with E-state index in [0.29, 0.717) is 6.42 Å². The minimum Gasteiger partial charge on any atom is -0.317 e. The summed E-state index contributed by atoms with van der Waals surface area (Å²) in [6.07, 6.45) is 2.95. The van der Waals surface area contributed by atoms with Gasteiger partial charge in [-0.15, -0.1) is 0 Å². The van der Waals surface area contributed by atoms with Crippen LogP contribution in [-0.4, -0.2) is 43.3 Å². The van der Waals surface area contributed by atoms with Crippen LogP contribution in [-0.2, 0) is 16.4 Å². The summed E-state index contributed by atoms with van der Waals surface area (Å²) in [5.41, 5.74) is 2.23. The molecular weight excluding hydrogens is 250 g/mol. The lowest BCUT2D eigenvalue weighted by molar-refractivity contribution is 0.530. The third-order valence-corrected chi connectivity index (χ3v) is 3.73. The molecule has 0 atom stereocenters. The van der Waals surface area contributed by atoms with Crippen LogP contribution in [0.1, 0.15) is 24.2 Å². The molecule has 5 nitrogen and oxygen atoms in total. The van der Waals surface area contributed by atoms with Gasteiger partial charge in [-0.05, 0) is 45.8 Å². The molecule has 1 N–H and O–H groups in total. The first-order valence-electron chi connectivity index (χ1n) is 6.28. The van der Waals surface area contributed by atoms with Gasteiger partial charge in [0.2, 0.25) is 0 Å². The van der Waals surface area contributed by atoms with E-state index in [-0.39, 0.29) is 5.75 Å². The van der Waals surface area contributed by atoms with Crippen molar-refractivity contribution in [2.24, 2.45) is 0 Å². The molecule has 0 aliphatic rings. The smallest absolute Gasteiger partial charge is 0.147 e. The Balaban J connectivity index is 2.07. The zero-order valence-corrected chi connectivity index (χ0v) is 12.3. The summed E-state index contributed by atoms with van der Waals surface area (Å²) in [6.45, 7) is 6.59. The summed E-state index contributed by atoms with van der Waals surface area (Å²) in [5, 5.41) is 7.63. The minimum atomic E-state index is -2.82. The molecule has 0 radical (unpaired) electrons. The summed E-state index contributed by atoms with van der Waals surface area (Å²) >= 11 is 0. The molecule has 0 aromatic carbocycles. The molecular formula is C12H23N3O2S. The number of nitrogens with one attached hydrogen (secondary N) is 1. The van der Waals surface area contributed by atoms with Crippen LogP contribution in [0.2, 0.25) is 0 Å². The number of aromatic nitrogens is 2. The average Bonchev–Trinajstić information content (AvgIpc) is 2.54. The second-order valence-corrected chi connectivity index (χ2v) is 7.00. The number of hydrogen-bond acceptors (Lipinski definition) is 4. The highest BCUT2D eigenvalue weighted by atomic mass is 32.2. The molecule has 0 bridgehead atoms. The monoisotopic (exact) mass is 273 g/mol. The Hall–Kier alpha value is -0.880. The van der Waals surface area contributed by atoms with Gasteiger partial charge in [-0.3, -0.25) is 4.68 Å². The van der Waals surface area contributed by atoms with Crippen LogP contribution in [0.3, 0.4) is 0 Å². The predicted molar refractivity (Wildman–Crippen MR) is 73.5 cm³/mol. The van der Waals surface area contributed by atoms with E-state index in [9.17, 15) is 8.42 Å².